The molecule has 0 aromatic heterocycles. The number of nitrogens with one attached hydrogen (secondary N) is 1. The summed E-state index contributed by atoms with van der Waals surface area (Å²) in [7, 11) is -0.446. The molecule has 0 aliphatic carbocycles. The van der Waals surface area contributed by atoms with Crippen LogP contribution in [-0.4, -0.2) is 6.08 Å². The molecule has 0 bridgehead atoms. The summed E-state index contributed by atoms with van der Waals surface area (Å²) >= 11 is 0. The molecule has 0 aliphatic heterocycles. The number of carbonyl (C=O) groups excluding carboxylic acids is 1. The normalized spacial score (nSPS) is 9.50. The van der Waals surface area contributed by atoms with Gasteiger partial charge in [0.25, 0.3) is 0 Å². The predicted molar refractivity (Wildman–Crippen MR) is 93.6 cm³/mol. The molecular formula is C19H16NOP. The lowest BCUT2D eigenvalue weighted by atomic mass is 10.4. The summed E-state index contributed by atoms with van der Waals surface area (Å²) < 4.78 is 0. The molecule has 0 saturated carbocycles. The van der Waals surface area contributed by atoms with E-state index in [1.165, 1.54) is 15.9 Å². The third-order valence-electron chi connectivity index (χ3n) is 3.04. The molecule has 3 aromatic rings. The van der Waals surface area contributed by atoms with Gasteiger partial charge in [-0.25, -0.2) is 10.2 Å². The lowest BCUT2D eigenvalue weighted by Gasteiger charge is -2.18. The molecule has 0 saturated heterocycles. The lowest BCUT2D eigenvalue weighted by Crippen LogP contribution is -2.20. The van der Waals surface area contributed by atoms with Crippen LogP contribution < -0.4 is 15.9 Å². The number of hydrogen-bond acceptors (Lipinski definition) is 2. The van der Waals surface area contributed by atoms with E-state index in [-0.39, 0.29) is 0 Å². The molecule has 108 valence electrons. The van der Waals surface area contributed by atoms with Crippen LogP contribution in [0.1, 0.15) is 0 Å². The highest BCUT2D eigenvalue weighted by atomic mass is 31.1. The molecule has 0 spiro atoms. The van der Waals surface area contributed by atoms with Crippen LogP contribution in [-0.2, 0) is 4.79 Å². The Labute approximate surface area is 131 Å². The van der Waals surface area contributed by atoms with E-state index in [1.54, 1.807) is 0 Å². The third kappa shape index (κ3) is 4.23. The second-order valence-corrected chi connectivity index (χ2v) is 6.66. The van der Waals surface area contributed by atoms with Crippen molar-refractivity contribution in [2.24, 2.45) is 0 Å². The minimum Gasteiger partial charge on any atom is -0.222 e. The number of rotatable bonds is 3. The first-order chi connectivity index (χ1) is 10.9. The Balaban J connectivity index is 0.000000545. The summed E-state index contributed by atoms with van der Waals surface area (Å²) in [6, 6.07) is 32.3. The second-order valence-electron chi connectivity index (χ2n) is 4.44. The van der Waals surface area contributed by atoms with Crippen molar-refractivity contribution < 1.29 is 4.79 Å². The predicted octanol–water partition coefficient (Wildman–Crippen LogP) is 3.35. The highest BCUT2D eigenvalue weighted by Crippen LogP contribution is 2.32. The van der Waals surface area contributed by atoms with Gasteiger partial charge in [-0.15, -0.1) is 0 Å². The van der Waals surface area contributed by atoms with Gasteiger partial charge in [0.15, 0.2) is 0 Å². The van der Waals surface area contributed by atoms with Gasteiger partial charge < -0.3 is 0 Å². The van der Waals surface area contributed by atoms with Crippen LogP contribution in [0.25, 0.3) is 0 Å². The smallest absolute Gasteiger partial charge is 0.222 e. The van der Waals surface area contributed by atoms with Crippen molar-refractivity contribution in [3.63, 3.8) is 0 Å². The summed E-state index contributed by atoms with van der Waals surface area (Å²) in [6.45, 7) is 0. The minimum atomic E-state index is -0.446. The molecule has 22 heavy (non-hydrogen) atoms. The molecule has 3 heteroatoms. The summed E-state index contributed by atoms with van der Waals surface area (Å²) in [5.74, 6) is 0. The van der Waals surface area contributed by atoms with Gasteiger partial charge in [0.2, 0.25) is 6.08 Å². The summed E-state index contributed by atoms with van der Waals surface area (Å²) in [5, 5.41) is 9.60. The van der Waals surface area contributed by atoms with Crippen LogP contribution in [0.5, 0.6) is 0 Å². The fourth-order valence-corrected chi connectivity index (χ4v) is 4.48. The van der Waals surface area contributed by atoms with Gasteiger partial charge in [0.1, 0.15) is 0 Å². The first kappa shape index (κ1) is 15.9. The van der Waals surface area contributed by atoms with Gasteiger partial charge in [0, 0.05) is 0 Å². The van der Waals surface area contributed by atoms with Crippen LogP contribution in [0, 0.1) is 5.41 Å². The van der Waals surface area contributed by atoms with Crippen molar-refractivity contribution in [3.8, 4) is 0 Å². The molecule has 0 aliphatic rings. The molecule has 3 rings (SSSR count). The van der Waals surface area contributed by atoms with Crippen molar-refractivity contribution in [3.05, 3.63) is 91.0 Å². The van der Waals surface area contributed by atoms with Gasteiger partial charge in [-0.1, -0.05) is 91.0 Å². The Morgan fingerprint density at radius 2 is 0.818 bits per heavy atom. The Morgan fingerprint density at radius 1 is 0.591 bits per heavy atom. The van der Waals surface area contributed by atoms with Crippen molar-refractivity contribution in [2.45, 2.75) is 0 Å². The Bertz CT molecular complexity index is 614. The highest BCUT2D eigenvalue weighted by molar-refractivity contribution is 7.79. The van der Waals surface area contributed by atoms with E-state index in [0.717, 1.165) is 6.08 Å². The van der Waals surface area contributed by atoms with Crippen LogP contribution in [0.2, 0.25) is 0 Å². The third-order valence-corrected chi connectivity index (χ3v) is 5.49. The monoisotopic (exact) mass is 305 g/mol. The maximum Gasteiger partial charge on any atom is 0.231 e. The molecule has 0 unspecified atom stereocenters. The van der Waals surface area contributed by atoms with Crippen molar-refractivity contribution in [1.29, 1.82) is 5.41 Å². The Kier molecular flexibility index (Phi) is 6.26. The highest BCUT2D eigenvalue weighted by Gasteiger charge is 2.14. The zero-order valence-electron chi connectivity index (χ0n) is 12.0. The first-order valence-electron chi connectivity index (χ1n) is 6.86. The zero-order chi connectivity index (χ0) is 15.6. The summed E-state index contributed by atoms with van der Waals surface area (Å²) in [5.41, 5.74) is 0. The van der Waals surface area contributed by atoms with Crippen LogP contribution in [0.4, 0.5) is 0 Å². The molecule has 1 N–H and O–H groups in total. The minimum absolute atomic E-state index is 0.446. The summed E-state index contributed by atoms with van der Waals surface area (Å²) in [6.07, 6.45) is 0.750. The number of benzene rings is 3. The number of isocyanates is 1. The Morgan fingerprint density at radius 3 is 1.05 bits per heavy atom. The van der Waals surface area contributed by atoms with Crippen LogP contribution >= 0.6 is 7.92 Å². The Hall–Kier alpha value is -2.53. The average Bonchev–Trinajstić information content (AvgIpc) is 2.59. The van der Waals surface area contributed by atoms with E-state index in [2.05, 4.69) is 91.0 Å². The quantitative estimate of drug-likeness (QED) is 0.450. The van der Waals surface area contributed by atoms with Crippen molar-refractivity contribution >= 4 is 29.9 Å². The van der Waals surface area contributed by atoms with Crippen LogP contribution in [0.15, 0.2) is 91.0 Å². The van der Waals surface area contributed by atoms with E-state index in [0.29, 0.717) is 0 Å². The van der Waals surface area contributed by atoms with Gasteiger partial charge >= 0.3 is 0 Å². The van der Waals surface area contributed by atoms with Crippen molar-refractivity contribution in [2.75, 3.05) is 0 Å². The fourth-order valence-electron chi connectivity index (χ4n) is 2.18. The molecular weight excluding hydrogens is 289 g/mol. The van der Waals surface area contributed by atoms with Gasteiger partial charge in [-0.3, -0.25) is 0 Å². The molecule has 3 aromatic carbocycles. The fraction of sp³-hybridized carbons (Fsp3) is 0. The molecule has 0 amide bonds. The maximum absolute atomic E-state index is 8.35. The molecule has 0 fully saturated rings. The van der Waals surface area contributed by atoms with Gasteiger partial charge in [-0.05, 0) is 23.8 Å². The molecule has 0 atom stereocenters. The molecule has 0 heterocycles. The number of hydrogen-bond donors (Lipinski definition) is 1. The topological polar surface area (TPSA) is 40.9 Å². The lowest BCUT2D eigenvalue weighted by molar-refractivity contribution is 0.563. The SMILES string of the molecule is N=C=O.c1ccc(P(c2ccccc2)c2ccccc2)cc1. The van der Waals surface area contributed by atoms with E-state index in [9.17, 15) is 0 Å². The largest absolute Gasteiger partial charge is 0.231 e. The molecule has 0 radical (unpaired) electrons. The van der Waals surface area contributed by atoms with Gasteiger partial charge in [-0.2, -0.15) is 0 Å². The van der Waals surface area contributed by atoms with E-state index in [1.807, 2.05) is 0 Å². The van der Waals surface area contributed by atoms with Gasteiger partial charge in [0.05, 0.1) is 0 Å². The standard InChI is InChI=1S/C18H15P.CHNO/c1-4-10-16(11-5-1)19(17-12-6-2-7-13-17)18-14-8-3-9-15-18;2-1-3/h1-15H;2H. The average molecular weight is 305 g/mol. The van der Waals surface area contributed by atoms with E-state index < -0.39 is 7.92 Å². The first-order valence-corrected chi connectivity index (χ1v) is 8.20. The van der Waals surface area contributed by atoms with E-state index in [4.69, 9.17) is 10.2 Å². The van der Waals surface area contributed by atoms with Crippen molar-refractivity contribution in [1.82, 2.24) is 0 Å². The maximum atomic E-state index is 8.35. The second kappa shape index (κ2) is 8.69. The summed E-state index contributed by atoms with van der Waals surface area (Å²) in [4.78, 5) is 8.35. The van der Waals surface area contributed by atoms with Crippen LogP contribution in [0.3, 0.4) is 0 Å². The zero-order valence-corrected chi connectivity index (χ0v) is 12.9. The van der Waals surface area contributed by atoms with E-state index >= 15 is 0 Å². The molecule has 2 nitrogen and oxygen atoms in total.